The molecule has 106 valence electrons. The Morgan fingerprint density at radius 1 is 1.00 bits per heavy atom. The fourth-order valence-electron chi connectivity index (χ4n) is 2.10. The summed E-state index contributed by atoms with van der Waals surface area (Å²) in [5.41, 5.74) is 2.02. The number of hydrogen-bond acceptors (Lipinski definition) is 4. The highest BCUT2D eigenvalue weighted by Gasteiger charge is 2.15. The smallest absolute Gasteiger partial charge is 0.354 e. The molecule has 0 radical (unpaired) electrons. The van der Waals surface area contributed by atoms with E-state index < -0.39 is 5.63 Å². The lowest BCUT2D eigenvalue weighted by Gasteiger charge is -2.07. The predicted octanol–water partition coefficient (Wildman–Crippen LogP) is 4.27. The summed E-state index contributed by atoms with van der Waals surface area (Å²) in [7, 11) is 0. The Kier molecular flexibility index (Phi) is 3.47. The van der Waals surface area contributed by atoms with Gasteiger partial charge in [-0.1, -0.05) is 41.1 Å². The summed E-state index contributed by atoms with van der Waals surface area (Å²) in [4.78, 5) is 13.2. The number of aromatic hydroxyl groups is 1. The van der Waals surface area contributed by atoms with Crippen LogP contribution in [-0.2, 0) is 0 Å². The van der Waals surface area contributed by atoms with Crippen molar-refractivity contribution >= 4 is 22.7 Å². The van der Waals surface area contributed by atoms with Gasteiger partial charge in [0.05, 0.1) is 5.39 Å². The zero-order valence-corrected chi connectivity index (χ0v) is 12.5. The number of rotatable bonds is 2. The quantitative estimate of drug-likeness (QED) is 0.718. The summed E-state index contributed by atoms with van der Waals surface area (Å²) in [6.45, 7) is 3.93. The molecule has 3 nitrogen and oxygen atoms in total. The van der Waals surface area contributed by atoms with Crippen molar-refractivity contribution in [2.45, 2.75) is 23.6 Å². The van der Waals surface area contributed by atoms with Crippen LogP contribution in [0.3, 0.4) is 0 Å². The minimum atomic E-state index is -0.519. The Hall–Kier alpha value is -2.20. The molecule has 0 atom stereocenters. The van der Waals surface area contributed by atoms with Gasteiger partial charge < -0.3 is 9.52 Å². The largest absolute Gasteiger partial charge is 0.506 e. The predicted molar refractivity (Wildman–Crippen MR) is 84.2 cm³/mol. The Balaban J connectivity index is 2.13. The first-order valence-electron chi connectivity index (χ1n) is 6.55. The summed E-state index contributed by atoms with van der Waals surface area (Å²) < 4.78 is 5.29. The van der Waals surface area contributed by atoms with Crippen LogP contribution in [0.4, 0.5) is 0 Å². The molecule has 0 saturated heterocycles. The molecule has 21 heavy (non-hydrogen) atoms. The first kappa shape index (κ1) is 13.8. The molecule has 0 spiro atoms. The van der Waals surface area contributed by atoms with Gasteiger partial charge in [-0.25, -0.2) is 4.79 Å². The Morgan fingerprint density at radius 2 is 1.67 bits per heavy atom. The molecule has 0 aliphatic heterocycles. The molecule has 1 aromatic heterocycles. The van der Waals surface area contributed by atoms with E-state index in [2.05, 4.69) is 0 Å². The van der Waals surface area contributed by atoms with Crippen molar-refractivity contribution in [1.82, 2.24) is 0 Å². The van der Waals surface area contributed by atoms with Gasteiger partial charge >= 0.3 is 5.63 Å². The number of hydrogen-bond donors (Lipinski definition) is 1. The van der Waals surface area contributed by atoms with Crippen molar-refractivity contribution in [3.8, 4) is 5.75 Å². The van der Waals surface area contributed by atoms with Crippen molar-refractivity contribution in [1.29, 1.82) is 0 Å². The maximum absolute atomic E-state index is 12.1. The van der Waals surface area contributed by atoms with E-state index in [9.17, 15) is 9.90 Å². The fourth-order valence-corrected chi connectivity index (χ4v) is 2.94. The summed E-state index contributed by atoms with van der Waals surface area (Å²) in [5, 5.41) is 10.9. The van der Waals surface area contributed by atoms with Gasteiger partial charge in [0.2, 0.25) is 0 Å². The molecule has 0 aliphatic carbocycles. The second kappa shape index (κ2) is 5.30. The Labute approximate surface area is 126 Å². The van der Waals surface area contributed by atoms with Crippen molar-refractivity contribution in [3.63, 3.8) is 0 Å². The molecule has 0 fully saturated rings. The Bertz CT molecular complexity index is 864. The SMILES string of the molecule is Cc1ccc(Sc2c(O)c3cc(C)ccc3oc2=O)cc1. The molecule has 3 rings (SSSR count). The van der Waals surface area contributed by atoms with Crippen molar-refractivity contribution < 1.29 is 9.52 Å². The number of aryl methyl sites for hydroxylation is 2. The lowest BCUT2D eigenvalue weighted by molar-refractivity contribution is 0.447. The molecular weight excluding hydrogens is 284 g/mol. The van der Waals surface area contributed by atoms with E-state index in [1.165, 1.54) is 11.8 Å². The molecule has 0 aliphatic rings. The first-order valence-corrected chi connectivity index (χ1v) is 7.37. The van der Waals surface area contributed by atoms with Crippen LogP contribution in [0.2, 0.25) is 0 Å². The molecule has 3 aromatic rings. The van der Waals surface area contributed by atoms with E-state index in [0.717, 1.165) is 16.0 Å². The summed E-state index contributed by atoms with van der Waals surface area (Å²) in [6, 6.07) is 13.1. The summed E-state index contributed by atoms with van der Waals surface area (Å²) in [6.07, 6.45) is 0. The van der Waals surface area contributed by atoms with Crippen molar-refractivity contribution in [2.75, 3.05) is 0 Å². The third-order valence-electron chi connectivity index (χ3n) is 3.23. The van der Waals surface area contributed by atoms with E-state index in [0.29, 0.717) is 11.0 Å². The molecule has 1 N–H and O–H groups in total. The van der Waals surface area contributed by atoms with Gasteiger partial charge in [-0.2, -0.15) is 0 Å². The van der Waals surface area contributed by atoms with Crippen LogP contribution in [0.15, 0.2) is 61.5 Å². The highest BCUT2D eigenvalue weighted by atomic mass is 32.2. The van der Waals surface area contributed by atoms with Gasteiger partial charge in [-0.3, -0.25) is 0 Å². The average Bonchev–Trinajstić information content (AvgIpc) is 2.46. The highest BCUT2D eigenvalue weighted by Crippen LogP contribution is 2.36. The summed E-state index contributed by atoms with van der Waals surface area (Å²) >= 11 is 1.21. The van der Waals surface area contributed by atoms with E-state index in [-0.39, 0.29) is 10.6 Å². The van der Waals surface area contributed by atoms with E-state index in [1.807, 2.05) is 50.2 Å². The van der Waals surface area contributed by atoms with Crippen LogP contribution < -0.4 is 5.63 Å². The van der Waals surface area contributed by atoms with E-state index >= 15 is 0 Å². The second-order valence-corrected chi connectivity index (χ2v) is 6.07. The fraction of sp³-hybridized carbons (Fsp3) is 0.118. The van der Waals surface area contributed by atoms with Gasteiger partial charge in [-0.15, -0.1) is 0 Å². The lowest BCUT2D eigenvalue weighted by Crippen LogP contribution is -2.02. The van der Waals surface area contributed by atoms with E-state index in [4.69, 9.17) is 4.42 Å². The zero-order valence-electron chi connectivity index (χ0n) is 11.7. The average molecular weight is 298 g/mol. The molecule has 0 amide bonds. The normalized spacial score (nSPS) is 11.0. The molecule has 1 heterocycles. The van der Waals surface area contributed by atoms with Crippen LogP contribution in [0.5, 0.6) is 5.75 Å². The maximum Gasteiger partial charge on any atom is 0.354 e. The lowest BCUT2D eigenvalue weighted by atomic mass is 10.1. The van der Waals surface area contributed by atoms with Crippen molar-refractivity contribution in [2.24, 2.45) is 0 Å². The van der Waals surface area contributed by atoms with Crippen LogP contribution in [-0.4, -0.2) is 5.11 Å². The van der Waals surface area contributed by atoms with Gasteiger partial charge in [0.25, 0.3) is 0 Å². The molecule has 0 unspecified atom stereocenters. The molecule has 0 bridgehead atoms. The Morgan fingerprint density at radius 3 is 2.38 bits per heavy atom. The molecular formula is C17H14O3S. The minimum absolute atomic E-state index is 0.0180. The van der Waals surface area contributed by atoms with E-state index in [1.54, 1.807) is 6.07 Å². The first-order chi connectivity index (χ1) is 10.0. The maximum atomic E-state index is 12.1. The molecule has 4 heteroatoms. The van der Waals surface area contributed by atoms with Crippen molar-refractivity contribution in [3.05, 3.63) is 64.0 Å². The molecule has 2 aromatic carbocycles. The third kappa shape index (κ3) is 2.67. The number of benzene rings is 2. The van der Waals surface area contributed by atoms with Gasteiger partial charge in [-0.05, 0) is 38.1 Å². The second-order valence-electron chi connectivity index (χ2n) is 4.98. The highest BCUT2D eigenvalue weighted by molar-refractivity contribution is 7.99. The minimum Gasteiger partial charge on any atom is -0.506 e. The topological polar surface area (TPSA) is 50.4 Å². The van der Waals surface area contributed by atoms with Gasteiger partial charge in [0.1, 0.15) is 16.2 Å². The standard InChI is InChI=1S/C17H14O3S/c1-10-3-6-12(7-4-10)21-16-15(18)13-9-11(2)5-8-14(13)20-17(16)19/h3-9,18H,1-2H3. The third-order valence-corrected chi connectivity index (χ3v) is 4.31. The monoisotopic (exact) mass is 298 g/mol. The van der Waals surface area contributed by atoms with Gasteiger partial charge in [0, 0.05) is 4.90 Å². The van der Waals surface area contributed by atoms with Crippen LogP contribution in [0.1, 0.15) is 11.1 Å². The number of fused-ring (bicyclic) bond motifs is 1. The van der Waals surface area contributed by atoms with Crippen LogP contribution in [0.25, 0.3) is 11.0 Å². The van der Waals surface area contributed by atoms with Gasteiger partial charge in [0.15, 0.2) is 0 Å². The molecule has 0 saturated carbocycles. The van der Waals surface area contributed by atoms with Crippen LogP contribution >= 0.6 is 11.8 Å². The van der Waals surface area contributed by atoms with Crippen LogP contribution in [0, 0.1) is 13.8 Å². The summed E-state index contributed by atoms with van der Waals surface area (Å²) in [5.74, 6) is -0.0180. The zero-order chi connectivity index (χ0) is 15.0.